The predicted octanol–water partition coefficient (Wildman–Crippen LogP) is 2.26. The highest BCUT2D eigenvalue weighted by molar-refractivity contribution is 5.90. The van der Waals surface area contributed by atoms with Crippen LogP contribution in [0.1, 0.15) is 42.4 Å². The fourth-order valence-electron chi connectivity index (χ4n) is 2.83. The van der Waals surface area contributed by atoms with Crippen LogP contribution in [0, 0.1) is 12.7 Å². The number of halogens is 1. The number of hydrogen-bond donors (Lipinski definition) is 3. The summed E-state index contributed by atoms with van der Waals surface area (Å²) in [7, 11) is 0. The summed E-state index contributed by atoms with van der Waals surface area (Å²) in [5.41, 5.74) is 1.02. The van der Waals surface area contributed by atoms with Gasteiger partial charge >= 0.3 is 0 Å². The average Bonchev–Trinajstić information content (AvgIpc) is 3.12. The van der Waals surface area contributed by atoms with Crippen molar-refractivity contribution >= 4 is 11.6 Å². The van der Waals surface area contributed by atoms with Crippen molar-refractivity contribution < 1.29 is 13.9 Å². The minimum absolute atomic E-state index is 0.166. The van der Waals surface area contributed by atoms with Crippen LogP contribution in [-0.4, -0.2) is 40.8 Å². The van der Waals surface area contributed by atoms with E-state index in [0.717, 1.165) is 37.7 Å². The molecular weight excluding hydrogens is 337 g/mol. The highest BCUT2D eigenvalue weighted by Gasteiger charge is 2.19. The molecule has 1 aromatic heterocycles. The predicted molar refractivity (Wildman–Crippen MR) is 95.3 cm³/mol. The zero-order chi connectivity index (χ0) is 18.4. The van der Waals surface area contributed by atoms with Crippen molar-refractivity contribution in [2.75, 3.05) is 25.1 Å². The smallest absolute Gasteiger partial charge is 0.225 e. The summed E-state index contributed by atoms with van der Waals surface area (Å²) in [5.74, 6) is 1.46. The van der Waals surface area contributed by atoms with Crippen LogP contribution in [0.25, 0.3) is 0 Å². The van der Waals surface area contributed by atoms with E-state index in [2.05, 4.69) is 25.8 Å². The van der Waals surface area contributed by atoms with Crippen molar-refractivity contribution in [3.05, 3.63) is 41.2 Å². The van der Waals surface area contributed by atoms with Gasteiger partial charge in [-0.1, -0.05) is 6.07 Å². The molecule has 0 aliphatic carbocycles. The molecule has 8 heteroatoms. The van der Waals surface area contributed by atoms with Crippen molar-refractivity contribution in [2.45, 2.75) is 38.6 Å². The lowest BCUT2D eigenvalue weighted by Gasteiger charge is -2.18. The average molecular weight is 361 g/mol. The molecule has 0 radical (unpaired) electrons. The van der Waals surface area contributed by atoms with Crippen LogP contribution < -0.4 is 10.6 Å². The number of nitrogens with one attached hydrogen (secondary N) is 3. The van der Waals surface area contributed by atoms with Gasteiger partial charge in [-0.2, -0.15) is 5.10 Å². The Morgan fingerprint density at radius 2 is 2.19 bits per heavy atom. The Morgan fingerprint density at radius 1 is 1.38 bits per heavy atom. The Bertz CT molecular complexity index is 743. The maximum absolute atomic E-state index is 13.5. The summed E-state index contributed by atoms with van der Waals surface area (Å²) >= 11 is 0. The SMILES string of the molecule is Cc1ccc(NC(=O)CCNCc2nc(C3CCOCC3)n[nH]2)cc1F. The molecule has 3 N–H and O–H groups in total. The number of carbonyl (C=O) groups excluding carboxylic acids is 1. The van der Waals surface area contributed by atoms with Crippen LogP contribution in [0.4, 0.5) is 10.1 Å². The number of aromatic nitrogens is 3. The highest BCUT2D eigenvalue weighted by atomic mass is 19.1. The van der Waals surface area contributed by atoms with Crippen molar-refractivity contribution in [2.24, 2.45) is 0 Å². The normalized spacial score (nSPS) is 15.2. The number of carbonyl (C=O) groups is 1. The van der Waals surface area contributed by atoms with Crippen LogP contribution in [0.2, 0.25) is 0 Å². The molecule has 2 aromatic rings. The molecule has 0 unspecified atom stereocenters. The molecule has 0 saturated carbocycles. The first-order valence-electron chi connectivity index (χ1n) is 8.87. The van der Waals surface area contributed by atoms with Gasteiger partial charge in [-0.15, -0.1) is 0 Å². The zero-order valence-electron chi connectivity index (χ0n) is 14.8. The number of amides is 1. The maximum atomic E-state index is 13.5. The van der Waals surface area contributed by atoms with Crippen LogP contribution in [-0.2, 0) is 16.1 Å². The van der Waals surface area contributed by atoms with Gasteiger partial charge < -0.3 is 15.4 Å². The third-order valence-corrected chi connectivity index (χ3v) is 4.41. The van der Waals surface area contributed by atoms with Crippen LogP contribution in [0.15, 0.2) is 18.2 Å². The monoisotopic (exact) mass is 361 g/mol. The van der Waals surface area contributed by atoms with Crippen LogP contribution in [0.5, 0.6) is 0 Å². The van der Waals surface area contributed by atoms with Gasteiger partial charge in [-0.05, 0) is 37.5 Å². The van der Waals surface area contributed by atoms with Gasteiger partial charge in [0.2, 0.25) is 5.91 Å². The number of hydrogen-bond acceptors (Lipinski definition) is 5. The van der Waals surface area contributed by atoms with E-state index in [0.29, 0.717) is 30.3 Å². The molecule has 2 heterocycles. The molecule has 0 spiro atoms. The Balaban J connectivity index is 1.37. The number of aromatic amines is 1. The number of anilines is 1. The van der Waals surface area contributed by atoms with Crippen LogP contribution >= 0.6 is 0 Å². The van der Waals surface area contributed by atoms with E-state index in [1.54, 1.807) is 19.1 Å². The molecule has 3 rings (SSSR count). The van der Waals surface area contributed by atoms with E-state index in [1.165, 1.54) is 6.07 Å². The number of aryl methyl sites for hydroxylation is 1. The third kappa shape index (κ3) is 5.09. The molecule has 140 valence electrons. The molecule has 1 aromatic carbocycles. The second-order valence-electron chi connectivity index (χ2n) is 6.47. The third-order valence-electron chi connectivity index (χ3n) is 4.41. The lowest BCUT2D eigenvalue weighted by molar-refractivity contribution is -0.116. The molecule has 1 aliphatic heterocycles. The first-order valence-corrected chi connectivity index (χ1v) is 8.87. The van der Waals surface area contributed by atoms with E-state index >= 15 is 0 Å². The lowest BCUT2D eigenvalue weighted by atomic mass is 10.00. The first kappa shape index (κ1) is 18.5. The molecule has 1 fully saturated rings. The Hall–Kier alpha value is -2.32. The summed E-state index contributed by atoms with van der Waals surface area (Å²) in [5, 5.41) is 13.1. The molecular formula is C18H24FN5O2. The highest BCUT2D eigenvalue weighted by Crippen LogP contribution is 2.23. The van der Waals surface area contributed by atoms with Gasteiger partial charge in [0.25, 0.3) is 0 Å². The largest absolute Gasteiger partial charge is 0.381 e. The number of benzene rings is 1. The summed E-state index contributed by atoms with van der Waals surface area (Å²) in [6.07, 6.45) is 2.19. The van der Waals surface area contributed by atoms with Gasteiger partial charge in [-0.25, -0.2) is 9.37 Å². The lowest BCUT2D eigenvalue weighted by Crippen LogP contribution is -2.22. The molecule has 7 nitrogen and oxygen atoms in total. The van der Waals surface area contributed by atoms with Gasteiger partial charge in [0.1, 0.15) is 11.6 Å². The van der Waals surface area contributed by atoms with Crippen molar-refractivity contribution in [3.8, 4) is 0 Å². The van der Waals surface area contributed by atoms with E-state index < -0.39 is 0 Å². The fraction of sp³-hybridized carbons (Fsp3) is 0.500. The maximum Gasteiger partial charge on any atom is 0.225 e. The Kier molecular flexibility index (Phi) is 6.30. The quantitative estimate of drug-likeness (QED) is 0.658. The van der Waals surface area contributed by atoms with Gasteiger partial charge in [0, 0.05) is 37.8 Å². The number of rotatable bonds is 7. The molecule has 1 aliphatic rings. The summed E-state index contributed by atoms with van der Waals surface area (Å²) in [6.45, 7) is 4.21. The minimum Gasteiger partial charge on any atom is -0.381 e. The number of ether oxygens (including phenoxy) is 1. The standard InChI is InChI=1S/C18H24FN5O2/c1-12-2-3-14(10-15(12)19)21-17(25)4-7-20-11-16-22-18(24-23-16)13-5-8-26-9-6-13/h2-3,10,13,20H,4-9,11H2,1H3,(H,21,25)(H,22,23,24). The van der Waals surface area contributed by atoms with Crippen molar-refractivity contribution in [3.63, 3.8) is 0 Å². The second-order valence-corrected chi connectivity index (χ2v) is 6.47. The van der Waals surface area contributed by atoms with E-state index in [9.17, 15) is 9.18 Å². The number of nitrogens with zero attached hydrogens (tertiary/aromatic N) is 2. The topological polar surface area (TPSA) is 91.9 Å². The van der Waals surface area contributed by atoms with Crippen molar-refractivity contribution in [1.82, 2.24) is 20.5 Å². The summed E-state index contributed by atoms with van der Waals surface area (Å²) in [6, 6.07) is 4.66. The van der Waals surface area contributed by atoms with E-state index in [4.69, 9.17) is 4.74 Å². The van der Waals surface area contributed by atoms with Gasteiger partial charge in [-0.3, -0.25) is 9.89 Å². The Morgan fingerprint density at radius 3 is 2.96 bits per heavy atom. The minimum atomic E-state index is -0.327. The van der Waals surface area contributed by atoms with E-state index in [-0.39, 0.29) is 18.1 Å². The van der Waals surface area contributed by atoms with Crippen molar-refractivity contribution in [1.29, 1.82) is 0 Å². The fourth-order valence-corrected chi connectivity index (χ4v) is 2.83. The molecule has 0 atom stereocenters. The first-order chi connectivity index (χ1) is 12.6. The number of H-pyrrole nitrogens is 1. The second kappa shape index (κ2) is 8.86. The van der Waals surface area contributed by atoms with Gasteiger partial charge in [0.05, 0.1) is 6.54 Å². The molecule has 1 amide bonds. The van der Waals surface area contributed by atoms with E-state index in [1.807, 2.05) is 0 Å². The summed E-state index contributed by atoms with van der Waals surface area (Å²) in [4.78, 5) is 16.4. The molecule has 0 bridgehead atoms. The molecule has 26 heavy (non-hydrogen) atoms. The van der Waals surface area contributed by atoms with Gasteiger partial charge in [0.15, 0.2) is 5.82 Å². The zero-order valence-corrected chi connectivity index (χ0v) is 14.8. The van der Waals surface area contributed by atoms with Crippen LogP contribution in [0.3, 0.4) is 0 Å². The Labute approximate surface area is 151 Å². The molecule has 1 saturated heterocycles. The summed E-state index contributed by atoms with van der Waals surface area (Å²) < 4.78 is 18.8.